The lowest BCUT2D eigenvalue weighted by Crippen LogP contribution is -2.28. The molecule has 1 N–H and O–H groups in total. The Morgan fingerprint density at radius 2 is 2.00 bits per heavy atom. The Morgan fingerprint density at radius 1 is 1.35 bits per heavy atom. The fourth-order valence-electron chi connectivity index (χ4n) is 1.51. The van der Waals surface area contributed by atoms with Crippen molar-refractivity contribution >= 4 is 31.9 Å². The Morgan fingerprint density at radius 3 is 2.57 bits per heavy atom. The van der Waals surface area contributed by atoms with Gasteiger partial charge < -0.3 is 9.47 Å². The molecule has 1 aromatic carbocycles. The highest BCUT2D eigenvalue weighted by atomic mass is 79.9. The SMILES string of the molecule is CCOC(=O)CCNS(=O)(=O)c1ccc(Br)cc1OC(F)(F)F. The summed E-state index contributed by atoms with van der Waals surface area (Å²) in [6, 6.07) is 3.09. The van der Waals surface area contributed by atoms with E-state index in [9.17, 15) is 26.4 Å². The summed E-state index contributed by atoms with van der Waals surface area (Å²) in [6.45, 7) is 1.41. The highest BCUT2D eigenvalue weighted by Gasteiger charge is 2.34. The Bertz CT molecular complexity index is 663. The number of sulfonamides is 1. The normalized spacial score (nSPS) is 12.0. The molecule has 0 saturated carbocycles. The quantitative estimate of drug-likeness (QED) is 0.686. The van der Waals surface area contributed by atoms with E-state index < -0.39 is 33.0 Å². The van der Waals surface area contributed by atoms with Crippen LogP contribution in [0.25, 0.3) is 0 Å². The summed E-state index contributed by atoms with van der Waals surface area (Å²) in [5, 5.41) is 0. The van der Waals surface area contributed by atoms with Crippen molar-refractivity contribution in [1.29, 1.82) is 0 Å². The number of hydrogen-bond acceptors (Lipinski definition) is 5. The van der Waals surface area contributed by atoms with Gasteiger partial charge in [-0.05, 0) is 25.1 Å². The van der Waals surface area contributed by atoms with Crippen molar-refractivity contribution in [2.75, 3.05) is 13.2 Å². The number of nitrogens with one attached hydrogen (secondary N) is 1. The van der Waals surface area contributed by atoms with Gasteiger partial charge in [0.25, 0.3) is 0 Å². The van der Waals surface area contributed by atoms with Gasteiger partial charge in [-0.2, -0.15) is 0 Å². The molecule has 0 heterocycles. The zero-order valence-electron chi connectivity index (χ0n) is 11.8. The topological polar surface area (TPSA) is 81.7 Å². The number of ether oxygens (including phenoxy) is 2. The molecule has 0 spiro atoms. The standard InChI is InChI=1S/C12H13BrF3NO5S/c1-2-21-11(18)5-6-17-23(19,20)10-4-3-8(13)7-9(10)22-12(14,15)16/h3-4,7,17H,2,5-6H2,1H3. The second-order valence-corrected chi connectivity index (χ2v) is 6.74. The molecule has 1 rings (SSSR count). The minimum Gasteiger partial charge on any atom is -0.466 e. The average Bonchev–Trinajstić information content (AvgIpc) is 2.36. The van der Waals surface area contributed by atoms with E-state index in [0.717, 1.165) is 12.1 Å². The number of hydrogen-bond donors (Lipinski definition) is 1. The van der Waals surface area contributed by atoms with Gasteiger partial charge in [0.2, 0.25) is 10.0 Å². The van der Waals surface area contributed by atoms with Gasteiger partial charge in [0, 0.05) is 11.0 Å². The highest BCUT2D eigenvalue weighted by molar-refractivity contribution is 9.10. The zero-order valence-corrected chi connectivity index (χ0v) is 14.2. The maximum absolute atomic E-state index is 12.4. The molecule has 23 heavy (non-hydrogen) atoms. The summed E-state index contributed by atoms with van der Waals surface area (Å²) in [7, 11) is -4.29. The Kier molecular flexibility index (Phi) is 6.84. The average molecular weight is 420 g/mol. The Labute approximate surface area is 139 Å². The van der Waals surface area contributed by atoms with E-state index in [-0.39, 0.29) is 24.0 Å². The van der Waals surface area contributed by atoms with Gasteiger partial charge in [-0.1, -0.05) is 15.9 Å². The summed E-state index contributed by atoms with van der Waals surface area (Å²) < 4.78 is 71.8. The van der Waals surface area contributed by atoms with Crippen LogP contribution in [-0.4, -0.2) is 33.9 Å². The van der Waals surface area contributed by atoms with Crippen LogP contribution in [-0.2, 0) is 19.6 Å². The van der Waals surface area contributed by atoms with Crippen molar-refractivity contribution in [1.82, 2.24) is 4.72 Å². The van der Waals surface area contributed by atoms with Gasteiger partial charge in [0.15, 0.2) is 5.75 Å². The number of carbonyl (C=O) groups is 1. The van der Waals surface area contributed by atoms with E-state index in [4.69, 9.17) is 0 Å². The van der Waals surface area contributed by atoms with Crippen molar-refractivity contribution < 1.29 is 35.9 Å². The van der Waals surface area contributed by atoms with Crippen molar-refractivity contribution in [3.63, 3.8) is 0 Å². The molecule has 1 aromatic rings. The molecule has 0 saturated heterocycles. The van der Waals surface area contributed by atoms with E-state index in [1.165, 1.54) is 6.07 Å². The first-order valence-electron chi connectivity index (χ1n) is 6.25. The second-order valence-electron chi connectivity index (χ2n) is 4.09. The Balaban J connectivity index is 2.93. The third-order valence-corrected chi connectivity index (χ3v) is 4.34. The minimum absolute atomic E-state index is 0.141. The fraction of sp³-hybridized carbons (Fsp3) is 0.417. The molecule has 0 bridgehead atoms. The summed E-state index contributed by atoms with van der Waals surface area (Å²) in [5.41, 5.74) is 0. The molecule has 0 aliphatic carbocycles. The van der Waals surface area contributed by atoms with Crippen LogP contribution in [0, 0.1) is 0 Å². The maximum Gasteiger partial charge on any atom is 0.573 e. The predicted molar refractivity (Wildman–Crippen MR) is 77.3 cm³/mol. The number of benzene rings is 1. The lowest BCUT2D eigenvalue weighted by Gasteiger charge is -2.14. The molecular formula is C12H13BrF3NO5S. The molecule has 0 atom stereocenters. The maximum atomic E-state index is 12.4. The van der Waals surface area contributed by atoms with Crippen molar-refractivity contribution in [2.45, 2.75) is 24.6 Å². The van der Waals surface area contributed by atoms with Gasteiger partial charge in [0.1, 0.15) is 4.90 Å². The molecule has 130 valence electrons. The minimum atomic E-state index is -5.05. The fourth-order valence-corrected chi connectivity index (χ4v) is 2.99. The van der Waals surface area contributed by atoms with E-state index >= 15 is 0 Å². The number of alkyl halides is 3. The summed E-state index contributed by atoms with van der Waals surface area (Å²) in [6.07, 6.45) is -5.30. The van der Waals surface area contributed by atoms with E-state index in [2.05, 4.69) is 25.4 Å². The van der Waals surface area contributed by atoms with Gasteiger partial charge in [0.05, 0.1) is 13.0 Å². The number of halogens is 4. The highest BCUT2D eigenvalue weighted by Crippen LogP contribution is 2.32. The molecule has 0 aliphatic rings. The van der Waals surface area contributed by atoms with Crippen LogP contribution in [0.2, 0.25) is 0 Å². The van der Waals surface area contributed by atoms with E-state index in [1.807, 2.05) is 4.72 Å². The second kappa shape index (κ2) is 7.97. The number of carbonyl (C=O) groups excluding carboxylic acids is 1. The van der Waals surface area contributed by atoms with Crippen LogP contribution in [0.4, 0.5) is 13.2 Å². The van der Waals surface area contributed by atoms with Crippen molar-refractivity contribution in [3.8, 4) is 5.75 Å². The van der Waals surface area contributed by atoms with Gasteiger partial charge >= 0.3 is 12.3 Å². The first-order chi connectivity index (χ1) is 10.5. The molecule has 0 fully saturated rings. The first kappa shape index (κ1) is 19.7. The molecule has 0 amide bonds. The molecular weight excluding hydrogens is 407 g/mol. The summed E-state index contributed by atoms with van der Waals surface area (Å²) in [5.74, 6) is -1.51. The zero-order chi connectivity index (χ0) is 17.7. The first-order valence-corrected chi connectivity index (χ1v) is 8.53. The number of esters is 1. The van der Waals surface area contributed by atoms with Crippen LogP contribution in [0.1, 0.15) is 13.3 Å². The smallest absolute Gasteiger partial charge is 0.466 e. The van der Waals surface area contributed by atoms with Crippen molar-refractivity contribution in [2.24, 2.45) is 0 Å². The third kappa shape index (κ3) is 6.75. The predicted octanol–water partition coefficient (Wildman–Crippen LogP) is 2.58. The molecule has 0 aliphatic heterocycles. The summed E-state index contributed by atoms with van der Waals surface area (Å²) >= 11 is 2.94. The van der Waals surface area contributed by atoms with Crippen LogP contribution < -0.4 is 9.46 Å². The van der Waals surface area contributed by atoms with Gasteiger partial charge in [-0.3, -0.25) is 4.79 Å². The number of rotatable bonds is 7. The lowest BCUT2D eigenvalue weighted by molar-refractivity contribution is -0.275. The molecule has 0 unspecified atom stereocenters. The summed E-state index contributed by atoms with van der Waals surface area (Å²) in [4.78, 5) is 10.4. The monoisotopic (exact) mass is 419 g/mol. The largest absolute Gasteiger partial charge is 0.573 e. The molecule has 0 aromatic heterocycles. The lowest BCUT2D eigenvalue weighted by atomic mass is 10.3. The van der Waals surface area contributed by atoms with Crippen LogP contribution >= 0.6 is 15.9 Å². The van der Waals surface area contributed by atoms with E-state index in [1.54, 1.807) is 6.92 Å². The van der Waals surface area contributed by atoms with E-state index in [0.29, 0.717) is 0 Å². The Hall–Kier alpha value is -1.33. The molecule has 11 heteroatoms. The van der Waals surface area contributed by atoms with Crippen molar-refractivity contribution in [3.05, 3.63) is 22.7 Å². The molecule has 6 nitrogen and oxygen atoms in total. The van der Waals surface area contributed by atoms with Gasteiger partial charge in [-0.15, -0.1) is 13.2 Å². The van der Waals surface area contributed by atoms with Gasteiger partial charge in [-0.25, -0.2) is 13.1 Å². The van der Waals surface area contributed by atoms with Crippen LogP contribution in [0.15, 0.2) is 27.6 Å². The molecule has 0 radical (unpaired) electrons. The third-order valence-electron chi connectivity index (χ3n) is 2.35. The van der Waals surface area contributed by atoms with Crippen LogP contribution in [0.5, 0.6) is 5.75 Å². The van der Waals surface area contributed by atoms with Crippen LogP contribution in [0.3, 0.4) is 0 Å².